The van der Waals surface area contributed by atoms with Gasteiger partial charge in [0.1, 0.15) is 5.69 Å². The molecule has 1 aliphatic heterocycles. The summed E-state index contributed by atoms with van der Waals surface area (Å²) in [5.74, 6) is 0.0687. The maximum Gasteiger partial charge on any atom is 0.272 e. The molecule has 100 valence electrons. The number of amides is 1. The van der Waals surface area contributed by atoms with Crippen LogP contribution in [0, 0.1) is 0 Å². The first kappa shape index (κ1) is 13.1. The molecule has 0 aromatic carbocycles. The van der Waals surface area contributed by atoms with Crippen LogP contribution in [0.15, 0.2) is 6.07 Å². The zero-order valence-corrected chi connectivity index (χ0v) is 11.2. The van der Waals surface area contributed by atoms with Gasteiger partial charge >= 0.3 is 0 Å². The summed E-state index contributed by atoms with van der Waals surface area (Å²) in [4.78, 5) is 14.3. The molecule has 0 spiro atoms. The molecule has 18 heavy (non-hydrogen) atoms. The number of carbonyl (C=O) groups is 1. The van der Waals surface area contributed by atoms with Crippen LogP contribution in [-0.2, 0) is 13.0 Å². The molecule has 1 fully saturated rings. The van der Waals surface area contributed by atoms with Crippen molar-refractivity contribution < 1.29 is 4.79 Å². The van der Waals surface area contributed by atoms with Crippen LogP contribution in [0.5, 0.6) is 0 Å². The Morgan fingerprint density at radius 2 is 2.33 bits per heavy atom. The van der Waals surface area contributed by atoms with Crippen LogP contribution < -0.4 is 5.73 Å². The predicted octanol–water partition coefficient (Wildman–Crippen LogP) is 1.03. The minimum atomic E-state index is 0.0687. The van der Waals surface area contributed by atoms with Gasteiger partial charge in [0, 0.05) is 25.7 Å². The minimum absolute atomic E-state index is 0.0687. The third kappa shape index (κ3) is 2.56. The Morgan fingerprint density at radius 3 is 2.94 bits per heavy atom. The normalized spacial score (nSPS) is 20.2. The predicted molar refractivity (Wildman–Crippen MR) is 70.4 cm³/mol. The number of aromatic nitrogens is 2. The maximum absolute atomic E-state index is 12.5. The summed E-state index contributed by atoms with van der Waals surface area (Å²) in [5.41, 5.74) is 7.60. The van der Waals surface area contributed by atoms with Gasteiger partial charge in [-0.3, -0.25) is 9.48 Å². The lowest BCUT2D eigenvalue weighted by molar-refractivity contribution is 0.0696. The standard InChI is InChI=1S/C13H22N4O/c1-3-11-8-12(17(4-2)15-11)13(18)16-7-5-6-10(14)9-16/h8,10H,3-7,9,14H2,1-2H3/t10-/m1/s1. The van der Waals surface area contributed by atoms with Gasteiger partial charge in [0.15, 0.2) is 0 Å². The number of hydrogen-bond donors (Lipinski definition) is 1. The molecule has 0 saturated carbocycles. The first-order valence-electron chi connectivity index (χ1n) is 6.77. The molecule has 2 rings (SSSR count). The molecule has 2 N–H and O–H groups in total. The average molecular weight is 250 g/mol. The molecule has 0 radical (unpaired) electrons. The van der Waals surface area contributed by atoms with Gasteiger partial charge in [-0.05, 0) is 32.3 Å². The van der Waals surface area contributed by atoms with Crippen molar-refractivity contribution >= 4 is 5.91 Å². The van der Waals surface area contributed by atoms with E-state index in [1.54, 1.807) is 4.68 Å². The number of aryl methyl sites for hydroxylation is 2. The molecule has 0 aliphatic carbocycles. The lowest BCUT2D eigenvalue weighted by atomic mass is 10.1. The Labute approximate surface area is 108 Å². The highest BCUT2D eigenvalue weighted by atomic mass is 16.2. The minimum Gasteiger partial charge on any atom is -0.336 e. The molecule has 1 aromatic heterocycles. The number of piperidine rings is 1. The van der Waals surface area contributed by atoms with E-state index in [0.29, 0.717) is 12.2 Å². The number of likely N-dealkylation sites (tertiary alicyclic amines) is 1. The zero-order valence-electron chi connectivity index (χ0n) is 11.2. The second-order valence-corrected chi connectivity index (χ2v) is 4.84. The van der Waals surface area contributed by atoms with Crippen molar-refractivity contribution in [3.05, 3.63) is 17.5 Å². The Morgan fingerprint density at radius 1 is 1.56 bits per heavy atom. The van der Waals surface area contributed by atoms with Crippen molar-refractivity contribution in [1.82, 2.24) is 14.7 Å². The van der Waals surface area contributed by atoms with E-state index < -0.39 is 0 Å². The second kappa shape index (κ2) is 5.52. The molecule has 1 aliphatic rings. The quantitative estimate of drug-likeness (QED) is 0.871. The fourth-order valence-electron chi connectivity index (χ4n) is 2.41. The van der Waals surface area contributed by atoms with E-state index >= 15 is 0 Å². The molecule has 5 nitrogen and oxygen atoms in total. The zero-order chi connectivity index (χ0) is 13.1. The monoisotopic (exact) mass is 250 g/mol. The van der Waals surface area contributed by atoms with Crippen LogP contribution in [0.1, 0.15) is 42.9 Å². The molecule has 1 atom stereocenters. The number of nitrogens with two attached hydrogens (primary N) is 1. The summed E-state index contributed by atoms with van der Waals surface area (Å²) in [7, 11) is 0. The van der Waals surface area contributed by atoms with Crippen molar-refractivity contribution in [1.29, 1.82) is 0 Å². The molecule has 2 heterocycles. The molecule has 1 aromatic rings. The first-order chi connectivity index (χ1) is 8.65. The lowest BCUT2D eigenvalue weighted by Crippen LogP contribution is -2.46. The third-order valence-corrected chi connectivity index (χ3v) is 3.46. The van der Waals surface area contributed by atoms with Crippen molar-refractivity contribution in [2.24, 2.45) is 5.73 Å². The van der Waals surface area contributed by atoms with Gasteiger partial charge in [0.2, 0.25) is 0 Å². The van der Waals surface area contributed by atoms with E-state index in [9.17, 15) is 4.79 Å². The molecule has 5 heteroatoms. The number of hydrogen-bond acceptors (Lipinski definition) is 3. The molecular weight excluding hydrogens is 228 g/mol. The van der Waals surface area contributed by atoms with Gasteiger partial charge in [-0.1, -0.05) is 6.92 Å². The molecule has 0 unspecified atom stereocenters. The fraction of sp³-hybridized carbons (Fsp3) is 0.692. The van der Waals surface area contributed by atoms with E-state index in [-0.39, 0.29) is 11.9 Å². The van der Waals surface area contributed by atoms with Crippen molar-refractivity contribution in [3.8, 4) is 0 Å². The highest BCUT2D eigenvalue weighted by Gasteiger charge is 2.25. The van der Waals surface area contributed by atoms with Crippen LogP contribution in [-0.4, -0.2) is 39.7 Å². The van der Waals surface area contributed by atoms with Gasteiger partial charge in [-0.15, -0.1) is 0 Å². The summed E-state index contributed by atoms with van der Waals surface area (Å²) >= 11 is 0. The molecule has 1 saturated heterocycles. The summed E-state index contributed by atoms with van der Waals surface area (Å²) < 4.78 is 1.79. The van der Waals surface area contributed by atoms with E-state index in [1.807, 2.05) is 24.8 Å². The third-order valence-electron chi connectivity index (χ3n) is 3.46. The van der Waals surface area contributed by atoms with Crippen LogP contribution in [0.25, 0.3) is 0 Å². The summed E-state index contributed by atoms with van der Waals surface area (Å²) in [5, 5.41) is 4.42. The summed E-state index contributed by atoms with van der Waals surface area (Å²) in [6, 6.07) is 2.03. The molecule has 0 bridgehead atoms. The maximum atomic E-state index is 12.5. The number of nitrogens with zero attached hydrogens (tertiary/aromatic N) is 3. The smallest absolute Gasteiger partial charge is 0.272 e. The van der Waals surface area contributed by atoms with Gasteiger partial charge < -0.3 is 10.6 Å². The lowest BCUT2D eigenvalue weighted by Gasteiger charge is -2.30. The second-order valence-electron chi connectivity index (χ2n) is 4.84. The van der Waals surface area contributed by atoms with Crippen LogP contribution in [0.3, 0.4) is 0 Å². The van der Waals surface area contributed by atoms with E-state index in [2.05, 4.69) is 5.10 Å². The molecular formula is C13H22N4O. The summed E-state index contributed by atoms with van der Waals surface area (Å²) in [6.07, 6.45) is 2.86. The van der Waals surface area contributed by atoms with Crippen molar-refractivity contribution in [2.45, 2.75) is 45.7 Å². The van der Waals surface area contributed by atoms with E-state index in [0.717, 1.165) is 38.0 Å². The topological polar surface area (TPSA) is 64.2 Å². The SMILES string of the molecule is CCc1cc(C(=O)N2CCC[C@@H](N)C2)n(CC)n1. The number of rotatable bonds is 3. The van der Waals surface area contributed by atoms with Crippen molar-refractivity contribution in [3.63, 3.8) is 0 Å². The van der Waals surface area contributed by atoms with Gasteiger partial charge in [0.05, 0.1) is 5.69 Å². The Hall–Kier alpha value is -1.36. The van der Waals surface area contributed by atoms with Crippen LogP contribution in [0.4, 0.5) is 0 Å². The Bertz CT molecular complexity index is 427. The van der Waals surface area contributed by atoms with Crippen LogP contribution in [0.2, 0.25) is 0 Å². The first-order valence-corrected chi connectivity index (χ1v) is 6.77. The highest BCUT2D eigenvalue weighted by Crippen LogP contribution is 2.14. The van der Waals surface area contributed by atoms with E-state index in [4.69, 9.17) is 5.73 Å². The Balaban J connectivity index is 2.19. The van der Waals surface area contributed by atoms with Gasteiger partial charge in [0.25, 0.3) is 5.91 Å². The van der Waals surface area contributed by atoms with Crippen LogP contribution >= 0.6 is 0 Å². The van der Waals surface area contributed by atoms with Gasteiger partial charge in [-0.25, -0.2) is 0 Å². The van der Waals surface area contributed by atoms with E-state index in [1.165, 1.54) is 0 Å². The summed E-state index contributed by atoms with van der Waals surface area (Å²) in [6.45, 7) is 6.25. The number of carbonyl (C=O) groups excluding carboxylic acids is 1. The van der Waals surface area contributed by atoms with Crippen molar-refractivity contribution in [2.75, 3.05) is 13.1 Å². The average Bonchev–Trinajstić information content (AvgIpc) is 2.81. The van der Waals surface area contributed by atoms with Gasteiger partial charge in [-0.2, -0.15) is 5.10 Å². The molecule has 1 amide bonds. The largest absolute Gasteiger partial charge is 0.336 e. The highest BCUT2D eigenvalue weighted by molar-refractivity contribution is 5.92. The fourth-order valence-corrected chi connectivity index (χ4v) is 2.41. The Kier molecular flexibility index (Phi) is 4.01.